The van der Waals surface area contributed by atoms with E-state index in [1.54, 1.807) is 6.92 Å². The molecule has 0 bridgehead atoms. The molecule has 1 aromatic rings. The Balaban J connectivity index is 2.04. The second-order valence-corrected chi connectivity index (χ2v) is 11.8. The standard InChI is InChI=1S/C30H50N4O7/c1-6-40-41-17-8-7-16-39-23-13-11-22(12-14-23)19-24(32-28(37)21(2)18-27(31)36)26(35)20-34-15-9-10-25(34)29(38)33-30(3,4)5/h11-14,21,24-26,35H,6-10,15-20H2,1-5H3,(H2,31,36)(H,32,37)(H,33,38). The van der Waals surface area contributed by atoms with Crippen molar-refractivity contribution >= 4 is 17.7 Å². The predicted octanol–water partition coefficient (Wildman–Crippen LogP) is 2.09. The maximum atomic E-state index is 12.9. The first-order valence-electron chi connectivity index (χ1n) is 14.7. The molecular formula is C30H50N4O7. The molecule has 232 valence electrons. The molecule has 3 amide bonds. The SMILES string of the molecule is CCOOCCCCOc1ccc(CC(NC(=O)C(C)CC(N)=O)C(O)CN2CCCC2C(=O)NC(C)(C)C)cc1. The van der Waals surface area contributed by atoms with Crippen LogP contribution in [-0.4, -0.2) is 84.4 Å². The van der Waals surface area contributed by atoms with Gasteiger partial charge < -0.3 is 26.2 Å². The van der Waals surface area contributed by atoms with E-state index in [-0.39, 0.29) is 36.4 Å². The number of hydrogen-bond acceptors (Lipinski definition) is 8. The lowest BCUT2D eigenvalue weighted by Crippen LogP contribution is -2.54. The zero-order chi connectivity index (χ0) is 30.4. The van der Waals surface area contributed by atoms with Crippen molar-refractivity contribution in [2.75, 3.05) is 32.9 Å². The number of rotatable bonds is 18. The molecule has 0 spiro atoms. The number of hydrogen-bond donors (Lipinski definition) is 4. The Labute approximate surface area is 244 Å². The molecule has 11 nitrogen and oxygen atoms in total. The van der Waals surface area contributed by atoms with Gasteiger partial charge in [0.2, 0.25) is 17.7 Å². The summed E-state index contributed by atoms with van der Waals surface area (Å²) in [6.07, 6.45) is 2.53. The second kappa shape index (κ2) is 17.3. The third kappa shape index (κ3) is 13.2. The van der Waals surface area contributed by atoms with Crippen LogP contribution in [0.3, 0.4) is 0 Å². The number of amides is 3. The molecule has 4 unspecified atom stereocenters. The minimum atomic E-state index is -0.947. The first-order valence-corrected chi connectivity index (χ1v) is 14.7. The lowest BCUT2D eigenvalue weighted by atomic mass is 9.98. The van der Waals surface area contributed by atoms with Crippen LogP contribution in [0.4, 0.5) is 0 Å². The topological polar surface area (TPSA) is 152 Å². The fraction of sp³-hybridized carbons (Fsp3) is 0.700. The summed E-state index contributed by atoms with van der Waals surface area (Å²) in [6, 6.07) is 6.56. The van der Waals surface area contributed by atoms with Crippen LogP contribution in [0.5, 0.6) is 5.75 Å². The van der Waals surface area contributed by atoms with Crippen LogP contribution in [0.25, 0.3) is 0 Å². The zero-order valence-electron chi connectivity index (χ0n) is 25.3. The van der Waals surface area contributed by atoms with Crippen LogP contribution in [0.15, 0.2) is 24.3 Å². The molecule has 0 saturated carbocycles. The number of nitrogens with two attached hydrogens (primary N) is 1. The van der Waals surface area contributed by atoms with Crippen molar-refractivity contribution in [3.05, 3.63) is 29.8 Å². The van der Waals surface area contributed by atoms with Gasteiger partial charge in [-0.05, 0) is 84.0 Å². The van der Waals surface area contributed by atoms with E-state index in [0.29, 0.717) is 39.2 Å². The highest BCUT2D eigenvalue weighted by Gasteiger charge is 2.35. The molecule has 1 aliphatic heterocycles. The number of nitrogens with one attached hydrogen (secondary N) is 2. The van der Waals surface area contributed by atoms with E-state index in [2.05, 4.69) is 10.6 Å². The average molecular weight is 579 g/mol. The van der Waals surface area contributed by atoms with Crippen molar-refractivity contribution < 1.29 is 34.0 Å². The summed E-state index contributed by atoms with van der Waals surface area (Å²) in [5.74, 6) is -0.888. The summed E-state index contributed by atoms with van der Waals surface area (Å²) in [5, 5.41) is 17.3. The maximum absolute atomic E-state index is 12.9. The van der Waals surface area contributed by atoms with Gasteiger partial charge in [0.15, 0.2) is 0 Å². The Morgan fingerprint density at radius 3 is 2.44 bits per heavy atom. The summed E-state index contributed by atoms with van der Waals surface area (Å²) in [4.78, 5) is 49.0. The normalized spacial score (nSPS) is 18.0. The number of nitrogens with zero attached hydrogens (tertiary/aromatic N) is 1. The van der Waals surface area contributed by atoms with Crippen LogP contribution in [0.2, 0.25) is 0 Å². The molecule has 0 aromatic heterocycles. The number of primary amides is 1. The summed E-state index contributed by atoms with van der Waals surface area (Å²) in [5.41, 5.74) is 5.83. The van der Waals surface area contributed by atoms with Gasteiger partial charge in [-0.25, -0.2) is 9.78 Å². The van der Waals surface area contributed by atoms with Crippen molar-refractivity contribution in [2.24, 2.45) is 11.7 Å². The molecule has 4 atom stereocenters. The smallest absolute Gasteiger partial charge is 0.237 e. The molecular weight excluding hydrogens is 528 g/mol. The van der Waals surface area contributed by atoms with Gasteiger partial charge in [0.1, 0.15) is 5.75 Å². The summed E-state index contributed by atoms with van der Waals surface area (Å²) >= 11 is 0. The van der Waals surface area contributed by atoms with Gasteiger partial charge in [-0.2, -0.15) is 0 Å². The van der Waals surface area contributed by atoms with E-state index in [9.17, 15) is 19.5 Å². The van der Waals surface area contributed by atoms with Crippen molar-refractivity contribution in [3.8, 4) is 5.75 Å². The Morgan fingerprint density at radius 1 is 1.12 bits per heavy atom. The second-order valence-electron chi connectivity index (χ2n) is 11.8. The van der Waals surface area contributed by atoms with Crippen molar-refractivity contribution in [3.63, 3.8) is 0 Å². The van der Waals surface area contributed by atoms with Crippen LogP contribution in [0.1, 0.15) is 72.3 Å². The highest BCUT2D eigenvalue weighted by Crippen LogP contribution is 2.21. The number of carbonyl (C=O) groups excluding carboxylic acids is 3. The van der Waals surface area contributed by atoms with Crippen LogP contribution in [-0.2, 0) is 30.6 Å². The van der Waals surface area contributed by atoms with Gasteiger partial charge in [0.25, 0.3) is 0 Å². The molecule has 41 heavy (non-hydrogen) atoms. The highest BCUT2D eigenvalue weighted by atomic mass is 17.2. The van der Waals surface area contributed by atoms with Crippen LogP contribution < -0.4 is 21.1 Å². The van der Waals surface area contributed by atoms with Crippen LogP contribution in [0, 0.1) is 5.92 Å². The fourth-order valence-corrected chi connectivity index (χ4v) is 4.74. The minimum absolute atomic E-state index is 0.0599. The van der Waals surface area contributed by atoms with E-state index >= 15 is 0 Å². The molecule has 1 fully saturated rings. The number of aliphatic hydroxyl groups excluding tert-OH is 1. The number of β-amino-alcohol motifs (C(OH)–C–C–N with tert-alkyl or cyclic N) is 1. The molecule has 1 aromatic carbocycles. The van der Waals surface area contributed by atoms with Gasteiger partial charge in [0.05, 0.1) is 38.0 Å². The summed E-state index contributed by atoms with van der Waals surface area (Å²) < 4.78 is 5.81. The molecule has 1 heterocycles. The molecule has 11 heteroatoms. The Hall–Kier alpha value is -2.73. The molecule has 1 saturated heterocycles. The van der Waals surface area contributed by atoms with Gasteiger partial charge in [-0.15, -0.1) is 0 Å². The number of ether oxygens (including phenoxy) is 1. The zero-order valence-corrected chi connectivity index (χ0v) is 25.3. The lowest BCUT2D eigenvalue weighted by molar-refractivity contribution is -0.291. The third-order valence-electron chi connectivity index (χ3n) is 6.80. The van der Waals surface area contributed by atoms with Crippen LogP contribution >= 0.6 is 0 Å². The quantitative estimate of drug-likeness (QED) is 0.117. The molecule has 0 radical (unpaired) electrons. The average Bonchev–Trinajstić information content (AvgIpc) is 3.35. The largest absolute Gasteiger partial charge is 0.494 e. The number of benzene rings is 1. The summed E-state index contributed by atoms with van der Waals surface area (Å²) in [6.45, 7) is 11.8. The molecule has 5 N–H and O–H groups in total. The highest BCUT2D eigenvalue weighted by molar-refractivity contribution is 5.85. The number of likely N-dealkylation sites (tertiary alicyclic amines) is 1. The first kappa shape index (κ1) is 34.5. The van der Waals surface area contributed by atoms with E-state index < -0.39 is 24.0 Å². The van der Waals surface area contributed by atoms with Crippen molar-refractivity contribution in [2.45, 2.75) is 96.9 Å². The predicted molar refractivity (Wildman–Crippen MR) is 156 cm³/mol. The van der Waals surface area contributed by atoms with Crippen molar-refractivity contribution in [1.82, 2.24) is 15.5 Å². The van der Waals surface area contributed by atoms with E-state index in [1.165, 1.54) is 0 Å². The van der Waals surface area contributed by atoms with Gasteiger partial charge in [0, 0.05) is 24.4 Å². The van der Waals surface area contributed by atoms with E-state index in [0.717, 1.165) is 30.6 Å². The van der Waals surface area contributed by atoms with Gasteiger partial charge >= 0.3 is 0 Å². The fourth-order valence-electron chi connectivity index (χ4n) is 4.74. The maximum Gasteiger partial charge on any atom is 0.237 e. The first-order chi connectivity index (χ1) is 19.4. The van der Waals surface area contributed by atoms with Gasteiger partial charge in [-0.1, -0.05) is 19.1 Å². The molecule has 0 aliphatic carbocycles. The van der Waals surface area contributed by atoms with E-state index in [4.69, 9.17) is 20.2 Å². The minimum Gasteiger partial charge on any atom is -0.494 e. The number of unbranched alkanes of at least 4 members (excludes halogenated alkanes) is 1. The monoisotopic (exact) mass is 578 g/mol. The third-order valence-corrected chi connectivity index (χ3v) is 6.80. The Kier molecular flexibility index (Phi) is 14.5. The Morgan fingerprint density at radius 2 is 1.80 bits per heavy atom. The number of carbonyl (C=O) groups is 3. The van der Waals surface area contributed by atoms with Gasteiger partial charge in [-0.3, -0.25) is 19.3 Å². The van der Waals surface area contributed by atoms with E-state index in [1.807, 2.05) is 56.9 Å². The summed E-state index contributed by atoms with van der Waals surface area (Å²) in [7, 11) is 0. The van der Waals surface area contributed by atoms with Crippen molar-refractivity contribution in [1.29, 1.82) is 0 Å². The number of aliphatic hydroxyl groups is 1. The Bertz CT molecular complexity index is 951. The lowest BCUT2D eigenvalue weighted by Gasteiger charge is -2.32. The molecule has 1 aliphatic rings. The molecule has 2 rings (SSSR count).